The van der Waals surface area contributed by atoms with Crippen molar-refractivity contribution in [3.05, 3.63) is 77.4 Å². The maximum absolute atomic E-state index is 11.9. The summed E-state index contributed by atoms with van der Waals surface area (Å²) in [4.78, 5) is 18.8. The van der Waals surface area contributed by atoms with Gasteiger partial charge in [0.25, 0.3) is 0 Å². The Morgan fingerprint density at radius 2 is 1.92 bits per heavy atom. The van der Waals surface area contributed by atoms with Gasteiger partial charge in [-0.05, 0) is 86.9 Å². The highest BCUT2D eigenvalue weighted by atomic mass is 32.1. The number of methoxy groups -OCH3 is 1. The molecule has 7 nitrogen and oxygen atoms in total. The third-order valence-electron chi connectivity index (χ3n) is 7.33. The van der Waals surface area contributed by atoms with Crippen LogP contribution in [0.4, 0.5) is 11.4 Å². The molecular formula is C28H33N5O2S. The van der Waals surface area contributed by atoms with Crippen LogP contribution in [0.25, 0.3) is 0 Å². The van der Waals surface area contributed by atoms with Crippen LogP contribution in [0, 0.1) is 13.8 Å². The predicted octanol–water partition coefficient (Wildman–Crippen LogP) is 5.38. The van der Waals surface area contributed by atoms with E-state index < -0.39 is 0 Å². The third-order valence-corrected chi connectivity index (χ3v) is 7.65. The molecule has 5 rings (SSSR count). The molecule has 8 heteroatoms. The largest absolute Gasteiger partial charge is 0.375 e. The Kier molecular flexibility index (Phi) is 7.07. The number of hydrogen-bond donors (Lipinski definition) is 2. The Balaban J connectivity index is 1.54. The Hall–Kier alpha value is -3.23. The first kappa shape index (κ1) is 24.5. The monoisotopic (exact) mass is 503 g/mol. The van der Waals surface area contributed by atoms with Crippen LogP contribution in [-0.2, 0) is 9.53 Å². The first-order chi connectivity index (χ1) is 17.5. The highest BCUT2D eigenvalue weighted by Gasteiger charge is 2.42. The average Bonchev–Trinajstić information content (AvgIpc) is 3.58. The van der Waals surface area contributed by atoms with Crippen molar-refractivity contribution in [2.75, 3.05) is 23.9 Å². The third kappa shape index (κ3) is 4.63. The van der Waals surface area contributed by atoms with Crippen LogP contribution in [0.2, 0.25) is 0 Å². The fourth-order valence-electron chi connectivity index (χ4n) is 5.81. The molecule has 2 aromatic heterocycles. The van der Waals surface area contributed by atoms with E-state index in [4.69, 9.17) is 17.0 Å². The van der Waals surface area contributed by atoms with E-state index in [0.29, 0.717) is 11.2 Å². The van der Waals surface area contributed by atoms with Gasteiger partial charge in [-0.25, -0.2) is 0 Å². The summed E-state index contributed by atoms with van der Waals surface area (Å²) >= 11 is 5.90. The van der Waals surface area contributed by atoms with Gasteiger partial charge < -0.3 is 24.8 Å². The number of anilines is 2. The van der Waals surface area contributed by atoms with E-state index in [-0.39, 0.29) is 24.6 Å². The number of benzene rings is 1. The summed E-state index contributed by atoms with van der Waals surface area (Å²) in [5, 5.41) is 7.08. The van der Waals surface area contributed by atoms with E-state index in [9.17, 15) is 4.79 Å². The second kappa shape index (κ2) is 10.4. The fourth-order valence-corrected chi connectivity index (χ4v) is 6.15. The van der Waals surface area contributed by atoms with Crippen LogP contribution in [0.1, 0.15) is 66.5 Å². The molecule has 0 bridgehead atoms. The van der Waals surface area contributed by atoms with Crippen LogP contribution in [0.3, 0.4) is 0 Å². The Bertz CT molecular complexity index is 1230. The van der Waals surface area contributed by atoms with Crippen molar-refractivity contribution in [1.29, 1.82) is 0 Å². The van der Waals surface area contributed by atoms with Crippen molar-refractivity contribution in [3.8, 4) is 0 Å². The highest BCUT2D eigenvalue weighted by molar-refractivity contribution is 7.80. The zero-order chi connectivity index (χ0) is 25.2. The number of carbonyl (C=O) groups is 1. The van der Waals surface area contributed by atoms with Crippen molar-refractivity contribution >= 4 is 34.6 Å². The lowest BCUT2D eigenvalue weighted by molar-refractivity contribution is -0.119. The molecule has 1 aliphatic carbocycles. The number of thiocarbonyl (C=S) groups is 1. The van der Waals surface area contributed by atoms with E-state index in [1.54, 1.807) is 0 Å². The number of amides is 1. The van der Waals surface area contributed by atoms with Gasteiger partial charge >= 0.3 is 0 Å². The van der Waals surface area contributed by atoms with Gasteiger partial charge in [-0.3, -0.25) is 9.78 Å². The van der Waals surface area contributed by atoms with Crippen molar-refractivity contribution in [2.24, 2.45) is 0 Å². The molecule has 36 heavy (non-hydrogen) atoms. The van der Waals surface area contributed by atoms with Gasteiger partial charge in [-0.1, -0.05) is 18.9 Å². The molecule has 2 N–H and O–H groups in total. The Morgan fingerprint density at radius 3 is 2.58 bits per heavy atom. The van der Waals surface area contributed by atoms with E-state index in [1.807, 2.05) is 42.6 Å². The average molecular weight is 504 g/mol. The van der Waals surface area contributed by atoms with Crippen molar-refractivity contribution in [3.63, 3.8) is 0 Å². The summed E-state index contributed by atoms with van der Waals surface area (Å²) in [7, 11) is 1.51. The highest BCUT2D eigenvalue weighted by Crippen LogP contribution is 2.45. The van der Waals surface area contributed by atoms with Crippen molar-refractivity contribution in [2.45, 2.75) is 57.7 Å². The summed E-state index contributed by atoms with van der Waals surface area (Å²) in [5.41, 5.74) is 6.50. The molecular weight excluding hydrogens is 470 g/mol. The normalized spacial score (nSPS) is 20.1. The van der Waals surface area contributed by atoms with Gasteiger partial charge in [0, 0.05) is 42.1 Å². The van der Waals surface area contributed by atoms with Gasteiger partial charge in [-0.2, -0.15) is 0 Å². The molecule has 188 valence electrons. The van der Waals surface area contributed by atoms with Gasteiger partial charge in [0.15, 0.2) is 5.11 Å². The molecule has 1 amide bonds. The molecule has 1 saturated heterocycles. The van der Waals surface area contributed by atoms with Crippen LogP contribution in [-0.4, -0.2) is 34.3 Å². The number of nitrogens with one attached hydrogen (secondary N) is 2. The van der Waals surface area contributed by atoms with Gasteiger partial charge in [0.1, 0.15) is 6.61 Å². The number of aryl methyl sites for hydroxylation is 1. The number of carbonyl (C=O) groups excluding carboxylic acids is 1. The molecule has 2 atom stereocenters. The van der Waals surface area contributed by atoms with E-state index >= 15 is 0 Å². The van der Waals surface area contributed by atoms with Crippen molar-refractivity contribution in [1.82, 2.24) is 14.9 Å². The molecule has 0 radical (unpaired) electrons. The number of nitrogens with zero attached hydrogens (tertiary/aromatic N) is 3. The molecule has 3 heterocycles. The lowest BCUT2D eigenvalue weighted by Crippen LogP contribution is -2.29. The van der Waals surface area contributed by atoms with Crippen LogP contribution >= 0.6 is 12.2 Å². The van der Waals surface area contributed by atoms with Gasteiger partial charge in [0.05, 0.1) is 17.8 Å². The molecule has 1 saturated carbocycles. The summed E-state index contributed by atoms with van der Waals surface area (Å²) in [6, 6.07) is 16.6. The van der Waals surface area contributed by atoms with Crippen LogP contribution < -0.4 is 15.5 Å². The topological polar surface area (TPSA) is 71.4 Å². The lowest BCUT2D eigenvalue weighted by atomic mass is 9.96. The number of rotatable bonds is 7. The SMILES string of the molecule is COCC(=O)Nc1ccc(N2C(=S)N[C@@H](c3ccccn3)[C@H]2c2cc(C)n(C3CCCC3)c2C)cc1. The maximum atomic E-state index is 11.9. The maximum Gasteiger partial charge on any atom is 0.250 e. The predicted molar refractivity (Wildman–Crippen MR) is 146 cm³/mol. The van der Waals surface area contributed by atoms with Gasteiger partial charge in [-0.15, -0.1) is 0 Å². The second-order valence-corrected chi connectivity index (χ2v) is 10.0. The van der Waals surface area contributed by atoms with E-state index in [0.717, 1.165) is 17.1 Å². The van der Waals surface area contributed by atoms with Gasteiger partial charge in [0.2, 0.25) is 5.91 Å². The minimum atomic E-state index is -0.184. The second-order valence-electron chi connectivity index (χ2n) is 9.66. The Labute approximate surface area is 217 Å². The quantitative estimate of drug-likeness (QED) is 0.422. The lowest BCUT2D eigenvalue weighted by Gasteiger charge is -2.28. The summed E-state index contributed by atoms with van der Waals surface area (Å²) < 4.78 is 7.45. The standard InChI is InChI=1S/C28H33N5O2S/c1-18-16-23(19(2)32(18)21-8-4-5-9-21)27-26(24-10-6-7-15-29-24)31-28(36)33(27)22-13-11-20(12-14-22)30-25(34)17-35-3/h6-7,10-16,21,26-27H,4-5,8-9,17H2,1-3H3,(H,30,34)(H,31,36)/t26-,27+/m0/s1. The number of hydrogen-bond acceptors (Lipinski definition) is 4. The number of ether oxygens (including phenoxy) is 1. The van der Waals surface area contributed by atoms with Crippen LogP contribution in [0.5, 0.6) is 0 Å². The van der Waals surface area contributed by atoms with Crippen LogP contribution in [0.15, 0.2) is 54.7 Å². The summed E-state index contributed by atoms with van der Waals surface area (Å²) in [6.07, 6.45) is 6.89. The molecule has 2 fully saturated rings. The Morgan fingerprint density at radius 1 is 1.17 bits per heavy atom. The smallest absolute Gasteiger partial charge is 0.250 e. The minimum absolute atomic E-state index is 0.0202. The molecule has 2 aliphatic rings. The number of pyridine rings is 1. The molecule has 3 aromatic rings. The minimum Gasteiger partial charge on any atom is -0.375 e. The summed E-state index contributed by atoms with van der Waals surface area (Å²) in [5.74, 6) is -0.184. The van der Waals surface area contributed by atoms with E-state index in [1.165, 1.54) is 49.7 Å². The fraction of sp³-hybridized carbons (Fsp3) is 0.393. The molecule has 0 spiro atoms. The molecule has 1 aliphatic heterocycles. The first-order valence-electron chi connectivity index (χ1n) is 12.6. The summed E-state index contributed by atoms with van der Waals surface area (Å²) in [6.45, 7) is 4.48. The van der Waals surface area contributed by atoms with E-state index in [2.05, 4.69) is 51.1 Å². The zero-order valence-electron chi connectivity index (χ0n) is 21.0. The molecule has 1 aromatic carbocycles. The zero-order valence-corrected chi connectivity index (χ0v) is 21.8. The number of aromatic nitrogens is 2. The molecule has 0 unspecified atom stereocenters. The van der Waals surface area contributed by atoms with Crippen molar-refractivity contribution < 1.29 is 9.53 Å². The first-order valence-corrected chi connectivity index (χ1v) is 13.0.